The number of aliphatic imine (C=N–C) groups is 2. The summed E-state index contributed by atoms with van der Waals surface area (Å²) in [5, 5.41) is 12.1. The van der Waals surface area contributed by atoms with E-state index in [4.69, 9.17) is 4.74 Å². The number of amidine groups is 2. The minimum Gasteiger partial charge on any atom is -0.489 e. The number of carbonyl (C=O) groups is 2. The first-order valence-corrected chi connectivity index (χ1v) is 13.4. The molecule has 0 bridgehead atoms. The van der Waals surface area contributed by atoms with Gasteiger partial charge >= 0.3 is 6.18 Å². The molecule has 2 aromatic rings. The molecule has 220 valence electrons. The van der Waals surface area contributed by atoms with Gasteiger partial charge in [0.1, 0.15) is 24.6 Å². The van der Waals surface area contributed by atoms with Crippen molar-refractivity contribution in [1.29, 1.82) is 0 Å². The van der Waals surface area contributed by atoms with Gasteiger partial charge < -0.3 is 15.0 Å². The summed E-state index contributed by atoms with van der Waals surface area (Å²) in [7, 11) is 1.60. The molecule has 1 saturated heterocycles. The molecule has 1 fully saturated rings. The number of rotatable bonds is 6. The van der Waals surface area contributed by atoms with E-state index in [1.807, 2.05) is 47.4 Å². The molecule has 4 aliphatic heterocycles. The number of ether oxygens (including phenoxy) is 1. The molecule has 6 rings (SSSR count). The maximum atomic E-state index is 13.3. The predicted molar refractivity (Wildman–Crippen MR) is 146 cm³/mol. The lowest BCUT2D eigenvalue weighted by molar-refractivity contribution is -0.124. The van der Waals surface area contributed by atoms with E-state index >= 15 is 0 Å². The number of carbonyl (C=O) groups excluding carboxylic acids is 2. The van der Waals surface area contributed by atoms with Crippen molar-refractivity contribution in [2.75, 3.05) is 38.2 Å². The van der Waals surface area contributed by atoms with Crippen molar-refractivity contribution in [3.8, 4) is 5.75 Å². The van der Waals surface area contributed by atoms with Crippen molar-refractivity contribution in [3.05, 3.63) is 59.7 Å². The number of hydrogen-bond acceptors (Lipinski definition) is 10. The molecule has 0 aromatic heterocycles. The second kappa shape index (κ2) is 11.1. The van der Waals surface area contributed by atoms with E-state index in [-0.39, 0.29) is 18.3 Å². The second-order valence-corrected chi connectivity index (χ2v) is 10.4. The Labute approximate surface area is 238 Å². The normalized spacial score (nSPS) is 24.2. The largest absolute Gasteiger partial charge is 0.489 e. The van der Waals surface area contributed by atoms with Crippen LogP contribution < -0.4 is 20.4 Å². The van der Waals surface area contributed by atoms with Crippen LogP contribution in [0.1, 0.15) is 11.1 Å². The van der Waals surface area contributed by atoms with Gasteiger partial charge in [-0.2, -0.15) is 23.3 Å². The van der Waals surface area contributed by atoms with Crippen molar-refractivity contribution < 1.29 is 27.5 Å². The summed E-state index contributed by atoms with van der Waals surface area (Å²) in [4.78, 5) is 37.7. The second-order valence-electron chi connectivity index (χ2n) is 10.4. The molecule has 15 heteroatoms. The Morgan fingerprint density at radius 2 is 1.93 bits per heavy atom. The monoisotopic (exact) mass is 583 g/mol. The van der Waals surface area contributed by atoms with Gasteiger partial charge in [-0.25, -0.2) is 9.98 Å². The predicted octanol–water partition coefficient (Wildman–Crippen LogP) is 1.88. The molecule has 0 spiro atoms. The van der Waals surface area contributed by atoms with Crippen LogP contribution in [0.5, 0.6) is 5.75 Å². The zero-order chi connectivity index (χ0) is 29.4. The fourth-order valence-electron chi connectivity index (χ4n) is 5.21. The number of benzene rings is 2. The number of nitrogens with zero attached hydrogens (tertiary/aromatic N) is 7. The molecule has 2 N–H and O–H groups in total. The van der Waals surface area contributed by atoms with E-state index in [0.29, 0.717) is 44.0 Å². The highest BCUT2D eigenvalue weighted by molar-refractivity contribution is 6.38. The third-order valence-corrected chi connectivity index (χ3v) is 7.39. The number of halogens is 3. The third kappa shape index (κ3) is 5.83. The van der Waals surface area contributed by atoms with E-state index in [1.54, 1.807) is 13.1 Å². The van der Waals surface area contributed by atoms with Gasteiger partial charge in [-0.15, -0.1) is 5.11 Å². The quantitative estimate of drug-likeness (QED) is 0.535. The van der Waals surface area contributed by atoms with Crippen LogP contribution in [-0.2, 0) is 22.6 Å². The molecule has 12 nitrogen and oxygen atoms in total. The van der Waals surface area contributed by atoms with Gasteiger partial charge in [-0.1, -0.05) is 36.4 Å². The number of alkyl halides is 3. The van der Waals surface area contributed by atoms with E-state index in [2.05, 4.69) is 31.0 Å². The summed E-state index contributed by atoms with van der Waals surface area (Å²) < 4.78 is 45.1. The Bertz CT molecular complexity index is 1460. The molecule has 4 heterocycles. The highest BCUT2D eigenvalue weighted by Crippen LogP contribution is 2.32. The summed E-state index contributed by atoms with van der Waals surface area (Å²) in [6, 6.07) is 14.0. The summed E-state index contributed by atoms with van der Waals surface area (Å²) >= 11 is 0. The first-order valence-electron chi connectivity index (χ1n) is 13.4. The topological polar surface area (TPSA) is 127 Å². The highest BCUT2D eigenvalue weighted by atomic mass is 19.4. The van der Waals surface area contributed by atoms with Crippen LogP contribution >= 0.6 is 0 Å². The molecule has 4 aliphatic rings. The highest BCUT2D eigenvalue weighted by Gasteiger charge is 2.44. The fourth-order valence-corrected chi connectivity index (χ4v) is 5.21. The minimum atomic E-state index is -4.52. The number of amides is 2. The molecule has 42 heavy (non-hydrogen) atoms. The Kier molecular flexibility index (Phi) is 7.36. The lowest BCUT2D eigenvalue weighted by atomic mass is 10.1. The molecule has 2 aromatic carbocycles. The molecule has 0 aliphatic carbocycles. The van der Waals surface area contributed by atoms with Crippen LogP contribution in [0.4, 0.5) is 18.9 Å². The first-order chi connectivity index (χ1) is 20.1. The van der Waals surface area contributed by atoms with E-state index < -0.39 is 36.3 Å². The Morgan fingerprint density at radius 1 is 1.12 bits per heavy atom. The van der Waals surface area contributed by atoms with Crippen LogP contribution in [0.25, 0.3) is 0 Å². The van der Waals surface area contributed by atoms with Crippen LogP contribution in [0.3, 0.4) is 0 Å². The Hall–Kier alpha value is -4.37. The molecule has 0 saturated carbocycles. The van der Waals surface area contributed by atoms with E-state index in [9.17, 15) is 22.8 Å². The first kappa shape index (κ1) is 27.8. The van der Waals surface area contributed by atoms with Gasteiger partial charge in [-0.05, 0) is 23.3 Å². The molecule has 3 atom stereocenters. The lowest BCUT2D eigenvalue weighted by Crippen LogP contribution is -2.55. The average Bonchev–Trinajstić information content (AvgIpc) is 3.60. The number of likely N-dealkylation sites (N-methyl/N-ethyl adjacent to an activating group) is 1. The summed E-state index contributed by atoms with van der Waals surface area (Å²) in [6.45, 7) is 1.59. The van der Waals surface area contributed by atoms with Gasteiger partial charge in [-0.3, -0.25) is 19.9 Å². The van der Waals surface area contributed by atoms with Crippen LogP contribution in [0.2, 0.25) is 0 Å². The van der Waals surface area contributed by atoms with Crippen LogP contribution in [-0.4, -0.2) is 91.2 Å². The Morgan fingerprint density at radius 3 is 2.71 bits per heavy atom. The smallest absolute Gasteiger partial charge is 0.450 e. The molecular formula is C27H28F3N9O3. The van der Waals surface area contributed by atoms with Crippen molar-refractivity contribution >= 4 is 29.2 Å². The zero-order valence-electron chi connectivity index (χ0n) is 22.6. The number of nitrogens with one attached hydrogen (secondary N) is 2. The summed E-state index contributed by atoms with van der Waals surface area (Å²) in [6.07, 6.45) is -5.16. The van der Waals surface area contributed by atoms with Gasteiger partial charge in [0.25, 0.3) is 11.8 Å². The maximum Gasteiger partial charge on any atom is 0.450 e. The number of hydrogen-bond donors (Lipinski definition) is 2. The standard InChI is InChI=1S/C27H28F3N9O3/c1-37-19-11-17(13-38-9-10-39-22(14-38)33-26(36-39)27(28,29)30)7-8-20(19)42-15-18(25(37)41)31-24(40)23-32-21(34-35-23)12-16-5-3-2-4-6-16/h2-8,11,18,21-22H,9-10,12-15H2,1H3,(H,31,40)(H,33,36)/t18-,21?,22?/m0/s1. The van der Waals surface area contributed by atoms with Crippen molar-refractivity contribution in [2.24, 2.45) is 20.2 Å². The molecule has 2 amide bonds. The number of piperazine rings is 1. The maximum absolute atomic E-state index is 13.3. The molecule has 0 radical (unpaired) electrons. The molecule has 2 unspecified atom stereocenters. The number of fused-ring (bicyclic) bond motifs is 2. The average molecular weight is 584 g/mol. The summed E-state index contributed by atoms with van der Waals surface area (Å²) in [5.74, 6) is -1.60. The van der Waals surface area contributed by atoms with E-state index in [1.165, 1.54) is 9.91 Å². The van der Waals surface area contributed by atoms with Crippen molar-refractivity contribution in [2.45, 2.75) is 37.5 Å². The molecular weight excluding hydrogens is 555 g/mol. The van der Waals surface area contributed by atoms with Crippen molar-refractivity contribution in [1.82, 2.24) is 20.7 Å². The lowest BCUT2D eigenvalue weighted by Gasteiger charge is -2.35. The van der Waals surface area contributed by atoms with Gasteiger partial charge in [0.15, 0.2) is 6.17 Å². The summed E-state index contributed by atoms with van der Waals surface area (Å²) in [5.41, 5.74) is 4.73. The fraction of sp³-hybridized carbons (Fsp3) is 0.407. The number of anilines is 1. The third-order valence-electron chi connectivity index (χ3n) is 7.39. The van der Waals surface area contributed by atoms with Crippen molar-refractivity contribution in [3.63, 3.8) is 0 Å². The van der Waals surface area contributed by atoms with Gasteiger partial charge in [0.05, 0.1) is 5.69 Å². The zero-order valence-corrected chi connectivity index (χ0v) is 22.6. The van der Waals surface area contributed by atoms with E-state index in [0.717, 1.165) is 11.1 Å². The minimum absolute atomic E-state index is 0.0880. The number of hydrazine groups is 1. The van der Waals surface area contributed by atoms with Gasteiger partial charge in [0, 0.05) is 39.6 Å². The SMILES string of the molecule is CN1C(=O)[C@@H](NC(=O)C2=NC(Cc3ccccc3)N=N2)COc2ccc(CN3CCN4NC(C(F)(F)F)=NC4C3)cc21. The van der Waals surface area contributed by atoms with Crippen LogP contribution in [0, 0.1) is 0 Å². The Balaban J connectivity index is 1.08. The number of azo groups is 1. The van der Waals surface area contributed by atoms with Crippen LogP contribution in [0.15, 0.2) is 68.7 Å². The van der Waals surface area contributed by atoms with Gasteiger partial charge in [0.2, 0.25) is 11.7 Å².